The fraction of sp³-hybridized carbons (Fsp3) is 0.214. The van der Waals surface area contributed by atoms with Crippen molar-refractivity contribution in [3.8, 4) is 22.6 Å². The summed E-state index contributed by atoms with van der Waals surface area (Å²) in [5, 5.41) is 3.06. The molecule has 0 aliphatic carbocycles. The molecule has 0 saturated carbocycles. The third-order valence-electron chi connectivity index (χ3n) is 6.25. The van der Waals surface area contributed by atoms with Crippen LogP contribution in [0.4, 0.5) is 10.5 Å². The number of hydrogen-bond donors (Lipinski definition) is 1. The van der Waals surface area contributed by atoms with Crippen LogP contribution in [0.1, 0.15) is 29.3 Å². The lowest BCUT2D eigenvalue weighted by Crippen LogP contribution is -2.39. The Balaban J connectivity index is 1.51. The average molecular weight is 450 g/mol. The molecule has 3 heterocycles. The normalized spacial score (nSPS) is 12.8. The van der Waals surface area contributed by atoms with E-state index in [0.29, 0.717) is 25.3 Å². The summed E-state index contributed by atoms with van der Waals surface area (Å²) in [6.07, 6.45) is 5.14. The molecule has 2 amide bonds. The van der Waals surface area contributed by atoms with Gasteiger partial charge >= 0.3 is 6.03 Å². The number of nitrogens with one attached hydrogen (secondary N) is 1. The quantitative estimate of drug-likeness (QED) is 0.436. The van der Waals surface area contributed by atoms with Gasteiger partial charge in [-0.05, 0) is 48.7 Å². The van der Waals surface area contributed by atoms with Crippen LogP contribution in [-0.2, 0) is 19.4 Å². The molecule has 2 aromatic carbocycles. The third kappa shape index (κ3) is 4.39. The maximum Gasteiger partial charge on any atom is 0.322 e. The van der Waals surface area contributed by atoms with Crippen molar-refractivity contribution in [2.24, 2.45) is 0 Å². The van der Waals surface area contributed by atoms with Crippen molar-refractivity contribution >= 4 is 11.7 Å². The predicted molar refractivity (Wildman–Crippen MR) is 134 cm³/mol. The molecule has 6 heteroatoms. The lowest BCUT2D eigenvalue weighted by molar-refractivity contribution is 0.206. The number of hydrogen-bond acceptors (Lipinski definition) is 4. The third-order valence-corrected chi connectivity index (χ3v) is 6.25. The number of carbonyl (C=O) groups is 1. The number of aryl methyl sites for hydroxylation is 2. The molecule has 0 spiro atoms. The fourth-order valence-corrected chi connectivity index (χ4v) is 4.34. The molecule has 1 N–H and O–H groups in total. The Morgan fingerprint density at radius 1 is 1.06 bits per heavy atom. The van der Waals surface area contributed by atoms with Crippen LogP contribution in [0, 0.1) is 6.92 Å². The Kier molecular flexibility index (Phi) is 6.04. The maximum atomic E-state index is 13.1. The highest BCUT2D eigenvalue weighted by Gasteiger charge is 2.27. The molecule has 1 aliphatic rings. The summed E-state index contributed by atoms with van der Waals surface area (Å²) in [5.74, 6) is 0.666. The summed E-state index contributed by atoms with van der Waals surface area (Å²) < 4.78 is 0. The van der Waals surface area contributed by atoms with Crippen molar-refractivity contribution in [3.05, 3.63) is 95.4 Å². The molecule has 34 heavy (non-hydrogen) atoms. The van der Waals surface area contributed by atoms with E-state index in [-0.39, 0.29) is 6.03 Å². The van der Waals surface area contributed by atoms with E-state index in [1.807, 2.05) is 47.4 Å². The SMILES string of the molecule is CCc1cccc(NC(=O)N2CCc3nc(-c4cccnc4)nc(-c4ccccc4C)c3C2)c1. The second-order valence-electron chi connectivity index (χ2n) is 8.53. The second-order valence-corrected chi connectivity index (χ2v) is 8.53. The highest BCUT2D eigenvalue weighted by Crippen LogP contribution is 2.32. The zero-order chi connectivity index (χ0) is 23.5. The Hall–Kier alpha value is -4.06. The van der Waals surface area contributed by atoms with Crippen molar-refractivity contribution in [2.75, 3.05) is 11.9 Å². The molecule has 170 valence electrons. The maximum absolute atomic E-state index is 13.1. The summed E-state index contributed by atoms with van der Waals surface area (Å²) in [7, 11) is 0. The van der Waals surface area contributed by atoms with Crippen LogP contribution >= 0.6 is 0 Å². The van der Waals surface area contributed by atoms with Crippen LogP contribution in [0.5, 0.6) is 0 Å². The zero-order valence-corrected chi connectivity index (χ0v) is 19.5. The van der Waals surface area contributed by atoms with E-state index in [9.17, 15) is 4.79 Å². The first-order valence-electron chi connectivity index (χ1n) is 11.6. The van der Waals surface area contributed by atoms with E-state index in [1.165, 1.54) is 5.56 Å². The van der Waals surface area contributed by atoms with Crippen LogP contribution in [0.2, 0.25) is 0 Å². The van der Waals surface area contributed by atoms with Crippen LogP contribution in [0.25, 0.3) is 22.6 Å². The van der Waals surface area contributed by atoms with Crippen LogP contribution in [-0.4, -0.2) is 32.4 Å². The second kappa shape index (κ2) is 9.43. The number of rotatable bonds is 4. The van der Waals surface area contributed by atoms with Crippen molar-refractivity contribution in [2.45, 2.75) is 33.2 Å². The molecule has 5 rings (SSSR count). The van der Waals surface area contributed by atoms with Gasteiger partial charge in [-0.2, -0.15) is 0 Å². The molecule has 4 aromatic rings. The lowest BCUT2D eigenvalue weighted by atomic mass is 9.96. The summed E-state index contributed by atoms with van der Waals surface area (Å²) in [4.78, 5) is 29.1. The largest absolute Gasteiger partial charge is 0.322 e. The van der Waals surface area contributed by atoms with E-state index >= 15 is 0 Å². The van der Waals surface area contributed by atoms with Gasteiger partial charge in [-0.3, -0.25) is 4.98 Å². The molecule has 0 radical (unpaired) electrons. The first-order valence-corrected chi connectivity index (χ1v) is 11.6. The standard InChI is InChI=1S/C28H27N5O/c1-3-20-9-6-11-22(16-20)30-28(34)33-15-13-25-24(18-33)26(23-12-5-4-8-19(23)2)32-27(31-25)21-10-7-14-29-17-21/h4-12,14,16-17H,3,13,15,18H2,1-2H3,(H,30,34). The number of pyridine rings is 1. The van der Waals surface area contributed by atoms with Gasteiger partial charge in [0.2, 0.25) is 0 Å². The van der Waals surface area contributed by atoms with E-state index in [2.05, 4.69) is 42.3 Å². The van der Waals surface area contributed by atoms with E-state index in [0.717, 1.165) is 45.7 Å². The Bertz CT molecular complexity index is 1340. The molecule has 2 aromatic heterocycles. The summed E-state index contributed by atoms with van der Waals surface area (Å²) in [5.41, 5.74) is 7.97. The molecular formula is C28H27N5O. The number of aromatic nitrogens is 3. The molecule has 0 unspecified atom stereocenters. The van der Waals surface area contributed by atoms with Gasteiger partial charge in [0.1, 0.15) is 0 Å². The zero-order valence-electron chi connectivity index (χ0n) is 19.5. The molecule has 1 aliphatic heterocycles. The molecule has 0 fully saturated rings. The molecule has 0 atom stereocenters. The number of nitrogens with zero attached hydrogens (tertiary/aromatic N) is 4. The number of fused-ring (bicyclic) bond motifs is 1. The van der Waals surface area contributed by atoms with Crippen molar-refractivity contribution < 1.29 is 4.79 Å². The van der Waals surface area contributed by atoms with Crippen molar-refractivity contribution in [3.63, 3.8) is 0 Å². The predicted octanol–water partition coefficient (Wildman–Crippen LogP) is 5.67. The van der Waals surface area contributed by atoms with Crippen molar-refractivity contribution in [1.82, 2.24) is 19.9 Å². The van der Waals surface area contributed by atoms with Crippen LogP contribution < -0.4 is 5.32 Å². The Labute approximate surface area is 199 Å². The summed E-state index contributed by atoms with van der Waals surface area (Å²) in [6, 6.07) is 20.0. The first-order chi connectivity index (χ1) is 16.6. The first kappa shape index (κ1) is 21.8. The summed E-state index contributed by atoms with van der Waals surface area (Å²) in [6.45, 7) is 5.26. The number of urea groups is 1. The number of carbonyl (C=O) groups excluding carboxylic acids is 1. The van der Waals surface area contributed by atoms with Gasteiger partial charge in [0.25, 0.3) is 0 Å². The van der Waals surface area contributed by atoms with Crippen LogP contribution in [0.3, 0.4) is 0 Å². The minimum absolute atomic E-state index is 0.106. The van der Waals surface area contributed by atoms with Gasteiger partial charge < -0.3 is 10.2 Å². The highest BCUT2D eigenvalue weighted by atomic mass is 16.2. The lowest BCUT2D eigenvalue weighted by Gasteiger charge is -2.30. The molecular weight excluding hydrogens is 422 g/mol. The van der Waals surface area contributed by atoms with E-state index in [4.69, 9.17) is 9.97 Å². The van der Waals surface area contributed by atoms with Gasteiger partial charge in [0.05, 0.1) is 17.9 Å². The van der Waals surface area contributed by atoms with Crippen molar-refractivity contribution in [1.29, 1.82) is 0 Å². The minimum atomic E-state index is -0.106. The molecule has 6 nitrogen and oxygen atoms in total. The van der Waals surface area contributed by atoms with Gasteiger partial charge in [-0.15, -0.1) is 0 Å². The smallest absolute Gasteiger partial charge is 0.320 e. The van der Waals surface area contributed by atoms with E-state index in [1.54, 1.807) is 12.4 Å². The Morgan fingerprint density at radius 2 is 1.94 bits per heavy atom. The fourth-order valence-electron chi connectivity index (χ4n) is 4.34. The number of benzene rings is 2. The van der Waals surface area contributed by atoms with Gasteiger partial charge in [-0.25, -0.2) is 14.8 Å². The topological polar surface area (TPSA) is 71.0 Å². The monoisotopic (exact) mass is 449 g/mol. The summed E-state index contributed by atoms with van der Waals surface area (Å²) >= 11 is 0. The average Bonchev–Trinajstić information content (AvgIpc) is 2.88. The number of anilines is 1. The molecule has 0 saturated heterocycles. The van der Waals surface area contributed by atoms with Gasteiger partial charge in [0.15, 0.2) is 5.82 Å². The van der Waals surface area contributed by atoms with E-state index < -0.39 is 0 Å². The van der Waals surface area contributed by atoms with Gasteiger partial charge in [-0.1, -0.05) is 43.3 Å². The van der Waals surface area contributed by atoms with Crippen LogP contribution in [0.15, 0.2) is 73.1 Å². The highest BCUT2D eigenvalue weighted by molar-refractivity contribution is 5.89. The minimum Gasteiger partial charge on any atom is -0.320 e. The molecule has 0 bridgehead atoms. The number of amides is 2. The Morgan fingerprint density at radius 3 is 2.74 bits per heavy atom. The van der Waals surface area contributed by atoms with Gasteiger partial charge in [0, 0.05) is 47.7 Å².